The van der Waals surface area contributed by atoms with Crippen LogP contribution in [0.15, 0.2) is 41.5 Å². The standard InChI is InChI=1S/C38H52N2O7S/c1-5-45-31(41)20-40-33(42)39-18-6-7-25-8-10-26(11-9-25)28-19-35(4)29(13-16-37(35,44)24-48)27-12-15-36(43)21-38(17-14-30(36)32(27)28)46-22-34(2,3)23-47-38/h6-11,24,27-29,43-44H,5,12-23H2,1-4H3,(H2,39,40,42). The number of ether oxygens (including phenoxy) is 3. The van der Waals surface area contributed by atoms with Crippen LogP contribution in [0.4, 0.5) is 4.79 Å². The Balaban J connectivity index is 1.24. The third-order valence-corrected chi connectivity index (χ3v) is 12.4. The SMILES string of the molecule is CCOC(=O)CNC(=O)NCC=Cc1ccc(C2CC3(C)C(CCC3(O)C=S)C3CCC4(O)CC5(CCC4=C23)OCC(C)(C)CO5)cc1. The number of urea groups is 1. The van der Waals surface area contributed by atoms with Crippen LogP contribution in [0.25, 0.3) is 6.08 Å². The minimum Gasteiger partial charge on any atom is -0.465 e. The lowest BCUT2D eigenvalue weighted by Gasteiger charge is -2.58. The van der Waals surface area contributed by atoms with E-state index < -0.39 is 29.0 Å². The van der Waals surface area contributed by atoms with Gasteiger partial charge in [-0.3, -0.25) is 4.79 Å². The molecule has 1 saturated heterocycles. The molecule has 4 aliphatic carbocycles. The molecule has 3 saturated carbocycles. The largest absolute Gasteiger partial charge is 0.465 e. The lowest BCUT2D eigenvalue weighted by molar-refractivity contribution is -0.322. The van der Waals surface area contributed by atoms with Gasteiger partial charge < -0.3 is 35.1 Å². The van der Waals surface area contributed by atoms with Crippen molar-refractivity contribution in [2.24, 2.45) is 22.7 Å². The summed E-state index contributed by atoms with van der Waals surface area (Å²) in [5.74, 6) is -0.602. The number of esters is 1. The second-order valence-electron chi connectivity index (χ2n) is 15.7. The van der Waals surface area contributed by atoms with Gasteiger partial charge in [0.05, 0.1) is 31.0 Å². The number of allylic oxidation sites excluding steroid dienone is 1. The molecular weight excluding hydrogens is 628 g/mol. The van der Waals surface area contributed by atoms with Crippen molar-refractivity contribution in [2.45, 2.75) is 102 Å². The second kappa shape index (κ2) is 13.2. The van der Waals surface area contributed by atoms with Crippen LogP contribution in [-0.4, -0.2) is 77.5 Å². The molecule has 262 valence electrons. The van der Waals surface area contributed by atoms with Crippen molar-refractivity contribution in [2.75, 3.05) is 32.9 Å². The number of aliphatic hydroxyl groups is 2. The highest BCUT2D eigenvalue weighted by atomic mass is 32.1. The van der Waals surface area contributed by atoms with Crippen molar-refractivity contribution in [3.63, 3.8) is 0 Å². The van der Waals surface area contributed by atoms with Crippen LogP contribution in [0.2, 0.25) is 0 Å². The monoisotopic (exact) mass is 680 g/mol. The predicted molar refractivity (Wildman–Crippen MR) is 187 cm³/mol. The average molecular weight is 681 g/mol. The van der Waals surface area contributed by atoms with Crippen LogP contribution in [-0.2, 0) is 19.0 Å². The van der Waals surface area contributed by atoms with E-state index in [1.165, 1.54) is 16.7 Å². The Morgan fingerprint density at radius 2 is 1.77 bits per heavy atom. The molecule has 0 aromatic heterocycles. The molecule has 4 fully saturated rings. The minimum atomic E-state index is -0.999. The highest BCUT2D eigenvalue weighted by Gasteiger charge is 2.64. The number of benzene rings is 1. The first-order valence-electron chi connectivity index (χ1n) is 17.6. The maximum atomic E-state index is 12.4. The molecule has 4 N–H and O–H groups in total. The summed E-state index contributed by atoms with van der Waals surface area (Å²) in [4.78, 5) is 23.4. The van der Waals surface area contributed by atoms with Gasteiger partial charge in [0.25, 0.3) is 0 Å². The van der Waals surface area contributed by atoms with Crippen LogP contribution in [0, 0.1) is 22.7 Å². The van der Waals surface area contributed by atoms with Crippen molar-refractivity contribution in [3.05, 3.63) is 52.6 Å². The third kappa shape index (κ3) is 6.51. The molecule has 0 bridgehead atoms. The molecular formula is C38H52N2O7S. The molecule has 5 aliphatic rings. The summed E-state index contributed by atoms with van der Waals surface area (Å²) >= 11 is 5.47. The summed E-state index contributed by atoms with van der Waals surface area (Å²) in [5.41, 5.74) is 2.32. The van der Waals surface area contributed by atoms with E-state index in [2.05, 4.69) is 55.7 Å². The number of rotatable bonds is 8. The molecule has 1 spiro atoms. The number of carbonyl (C=O) groups is 2. The van der Waals surface area contributed by atoms with Crippen molar-refractivity contribution in [1.82, 2.24) is 10.6 Å². The molecule has 6 unspecified atom stereocenters. The third-order valence-electron chi connectivity index (χ3n) is 12.0. The summed E-state index contributed by atoms with van der Waals surface area (Å²) in [7, 11) is 0. The highest BCUT2D eigenvalue weighted by molar-refractivity contribution is 7.79. The topological polar surface area (TPSA) is 126 Å². The van der Waals surface area contributed by atoms with Crippen LogP contribution < -0.4 is 10.6 Å². The normalized spacial score (nSPS) is 35.0. The second-order valence-corrected chi connectivity index (χ2v) is 16.0. The van der Waals surface area contributed by atoms with Gasteiger partial charge in [-0.15, -0.1) is 0 Å². The van der Waals surface area contributed by atoms with Gasteiger partial charge in [-0.25, -0.2) is 4.79 Å². The number of amides is 2. The Kier molecular flexibility index (Phi) is 9.72. The summed E-state index contributed by atoms with van der Waals surface area (Å²) < 4.78 is 17.6. The zero-order chi connectivity index (χ0) is 34.4. The average Bonchev–Trinajstić information content (AvgIpc) is 3.33. The number of thiocarbonyl (C=S) groups is 1. The quantitative estimate of drug-likeness (QED) is 0.159. The molecule has 1 heterocycles. The fourth-order valence-electron chi connectivity index (χ4n) is 9.40. The van der Waals surface area contributed by atoms with Crippen LogP contribution >= 0.6 is 12.2 Å². The van der Waals surface area contributed by atoms with Gasteiger partial charge in [-0.2, -0.15) is 0 Å². The zero-order valence-electron chi connectivity index (χ0n) is 28.8. The van der Waals surface area contributed by atoms with Crippen molar-refractivity contribution in [1.29, 1.82) is 0 Å². The van der Waals surface area contributed by atoms with Crippen molar-refractivity contribution < 1.29 is 34.0 Å². The Morgan fingerprint density at radius 3 is 2.46 bits per heavy atom. The number of fused-ring (bicyclic) bond motifs is 4. The van der Waals surface area contributed by atoms with Gasteiger partial charge >= 0.3 is 12.0 Å². The first-order chi connectivity index (χ1) is 22.8. The van der Waals surface area contributed by atoms with Crippen molar-refractivity contribution in [3.8, 4) is 0 Å². The smallest absolute Gasteiger partial charge is 0.325 e. The first-order valence-corrected chi connectivity index (χ1v) is 18.1. The Hall–Kier alpha value is -2.63. The van der Waals surface area contributed by atoms with E-state index in [-0.39, 0.29) is 35.8 Å². The van der Waals surface area contributed by atoms with Crippen molar-refractivity contribution >= 4 is 35.7 Å². The highest BCUT2D eigenvalue weighted by Crippen LogP contribution is 2.67. The van der Waals surface area contributed by atoms with Gasteiger partial charge in [-0.1, -0.05) is 75.0 Å². The lowest BCUT2D eigenvalue weighted by Crippen LogP contribution is -2.58. The summed E-state index contributed by atoms with van der Waals surface area (Å²) in [6, 6.07) is 8.05. The van der Waals surface area contributed by atoms with Gasteiger partial charge in [0.1, 0.15) is 6.54 Å². The first kappa shape index (κ1) is 35.2. The van der Waals surface area contributed by atoms with E-state index in [4.69, 9.17) is 26.4 Å². The van der Waals surface area contributed by atoms with E-state index in [0.29, 0.717) is 44.9 Å². The predicted octanol–water partition coefficient (Wildman–Crippen LogP) is 5.59. The Bertz CT molecular complexity index is 1460. The molecule has 1 aromatic rings. The lowest BCUT2D eigenvalue weighted by atomic mass is 9.50. The van der Waals surface area contributed by atoms with Crippen LogP contribution in [0.5, 0.6) is 0 Å². The van der Waals surface area contributed by atoms with E-state index >= 15 is 0 Å². The summed E-state index contributed by atoms with van der Waals surface area (Å²) in [6.45, 7) is 9.89. The molecule has 6 rings (SSSR count). The maximum Gasteiger partial charge on any atom is 0.325 e. The summed E-state index contributed by atoms with van der Waals surface area (Å²) in [5, 5.41) is 31.1. The number of carbonyl (C=O) groups excluding carboxylic acids is 2. The maximum absolute atomic E-state index is 12.4. The van der Waals surface area contributed by atoms with Crippen LogP contribution in [0.1, 0.15) is 96.1 Å². The van der Waals surface area contributed by atoms with Gasteiger partial charge in [0.15, 0.2) is 5.79 Å². The Morgan fingerprint density at radius 1 is 1.04 bits per heavy atom. The van der Waals surface area contributed by atoms with Crippen LogP contribution in [0.3, 0.4) is 0 Å². The molecule has 9 nitrogen and oxygen atoms in total. The van der Waals surface area contributed by atoms with Gasteiger partial charge in [0, 0.05) is 41.5 Å². The van der Waals surface area contributed by atoms with E-state index in [0.717, 1.165) is 37.7 Å². The van der Waals surface area contributed by atoms with Gasteiger partial charge in [0.2, 0.25) is 0 Å². The molecule has 48 heavy (non-hydrogen) atoms. The fourth-order valence-corrected chi connectivity index (χ4v) is 9.78. The molecule has 2 amide bonds. The molecule has 1 aromatic carbocycles. The molecule has 10 heteroatoms. The number of nitrogens with one attached hydrogen (secondary N) is 2. The number of hydrogen-bond acceptors (Lipinski definition) is 8. The Labute approximate surface area is 289 Å². The molecule has 1 aliphatic heterocycles. The molecule has 0 radical (unpaired) electrons. The van der Waals surface area contributed by atoms with E-state index in [9.17, 15) is 19.8 Å². The zero-order valence-corrected chi connectivity index (χ0v) is 29.6. The van der Waals surface area contributed by atoms with E-state index in [1.807, 2.05) is 12.2 Å². The van der Waals surface area contributed by atoms with E-state index in [1.54, 1.807) is 12.3 Å². The number of hydrogen-bond donors (Lipinski definition) is 4. The molecule has 6 atom stereocenters. The van der Waals surface area contributed by atoms with Gasteiger partial charge in [-0.05, 0) is 74.0 Å². The fraction of sp³-hybridized carbons (Fsp3) is 0.658. The summed E-state index contributed by atoms with van der Waals surface area (Å²) in [6.07, 6.45) is 9.63. The minimum absolute atomic E-state index is 0.0396.